The Morgan fingerprint density at radius 3 is 1.97 bits per heavy atom. The van der Waals surface area contributed by atoms with Crippen molar-refractivity contribution in [3.63, 3.8) is 0 Å². The van der Waals surface area contributed by atoms with Crippen LogP contribution >= 0.6 is 0 Å². The standard InChI is InChI=1S/C32H20O/c1-19-9-8-15-26-29(19)22-11-2-5-13-24(22)32(26)25-14-6-3-12-23(25)30-27(32)18-17-21-20-10-4-7-16-28(20)33-31(21)30/h2-18H,1H3. The van der Waals surface area contributed by atoms with Crippen LogP contribution in [0.5, 0.6) is 0 Å². The number of fused-ring (bicyclic) bond motifs is 14. The highest BCUT2D eigenvalue weighted by Crippen LogP contribution is 2.64. The van der Waals surface area contributed by atoms with Crippen LogP contribution in [-0.4, -0.2) is 0 Å². The Balaban J connectivity index is 1.63. The fraction of sp³-hybridized carbons (Fsp3) is 0.0625. The minimum absolute atomic E-state index is 0.322. The van der Waals surface area contributed by atoms with E-state index in [0.29, 0.717) is 0 Å². The van der Waals surface area contributed by atoms with Crippen LogP contribution in [0.2, 0.25) is 0 Å². The predicted molar refractivity (Wildman–Crippen MR) is 135 cm³/mol. The molecule has 0 bridgehead atoms. The highest BCUT2D eigenvalue weighted by atomic mass is 16.3. The van der Waals surface area contributed by atoms with Gasteiger partial charge in [-0.05, 0) is 57.5 Å². The molecule has 0 fully saturated rings. The van der Waals surface area contributed by atoms with Crippen LogP contribution in [0.4, 0.5) is 0 Å². The first-order valence-electron chi connectivity index (χ1n) is 11.5. The minimum atomic E-state index is -0.322. The third-order valence-corrected chi connectivity index (χ3v) is 7.83. The maximum Gasteiger partial charge on any atom is 0.143 e. The van der Waals surface area contributed by atoms with Gasteiger partial charge >= 0.3 is 0 Å². The summed E-state index contributed by atoms with van der Waals surface area (Å²) in [4.78, 5) is 0. The van der Waals surface area contributed by atoms with Gasteiger partial charge in [-0.2, -0.15) is 0 Å². The van der Waals surface area contributed by atoms with Gasteiger partial charge in [0.05, 0.1) is 5.41 Å². The normalized spacial score (nSPS) is 17.4. The highest BCUT2D eigenvalue weighted by Gasteiger charge is 2.52. The van der Waals surface area contributed by atoms with E-state index < -0.39 is 0 Å². The van der Waals surface area contributed by atoms with E-state index >= 15 is 0 Å². The third-order valence-electron chi connectivity index (χ3n) is 7.83. The zero-order chi connectivity index (χ0) is 21.7. The molecule has 0 N–H and O–H groups in total. The molecule has 1 aromatic heterocycles. The van der Waals surface area contributed by atoms with Gasteiger partial charge in [0.15, 0.2) is 0 Å². The zero-order valence-electron chi connectivity index (χ0n) is 18.2. The zero-order valence-corrected chi connectivity index (χ0v) is 18.2. The van der Waals surface area contributed by atoms with Crippen LogP contribution in [0.3, 0.4) is 0 Å². The van der Waals surface area contributed by atoms with E-state index in [2.05, 4.69) is 104 Å². The van der Waals surface area contributed by atoms with Gasteiger partial charge in [-0.3, -0.25) is 0 Å². The quantitative estimate of drug-likeness (QED) is 0.241. The summed E-state index contributed by atoms with van der Waals surface area (Å²) >= 11 is 0. The molecule has 1 spiro atoms. The topological polar surface area (TPSA) is 13.1 Å². The molecule has 1 heteroatoms. The molecule has 5 aromatic carbocycles. The molecule has 0 saturated carbocycles. The van der Waals surface area contributed by atoms with Crippen molar-refractivity contribution in [3.05, 3.63) is 131 Å². The Kier molecular flexibility index (Phi) is 3.08. The second-order valence-electron chi connectivity index (χ2n) is 9.30. The fourth-order valence-corrected chi connectivity index (χ4v) is 6.63. The highest BCUT2D eigenvalue weighted by molar-refractivity contribution is 6.13. The predicted octanol–water partition coefficient (Wildman–Crippen LogP) is 8.24. The van der Waals surface area contributed by atoms with Crippen molar-refractivity contribution in [1.29, 1.82) is 0 Å². The van der Waals surface area contributed by atoms with Gasteiger partial charge in [0, 0.05) is 16.3 Å². The Hall–Kier alpha value is -4.10. The first-order valence-corrected chi connectivity index (χ1v) is 11.5. The van der Waals surface area contributed by atoms with Crippen molar-refractivity contribution < 1.29 is 4.42 Å². The van der Waals surface area contributed by atoms with Gasteiger partial charge in [0.25, 0.3) is 0 Å². The lowest BCUT2D eigenvalue weighted by Crippen LogP contribution is -2.25. The molecule has 0 saturated heterocycles. The Bertz CT molecular complexity index is 1780. The summed E-state index contributed by atoms with van der Waals surface area (Å²) in [6.07, 6.45) is 0. The van der Waals surface area contributed by atoms with Crippen molar-refractivity contribution >= 4 is 21.9 Å². The molecule has 0 aliphatic heterocycles. The van der Waals surface area contributed by atoms with E-state index in [1.54, 1.807) is 0 Å². The summed E-state index contributed by atoms with van der Waals surface area (Å²) in [7, 11) is 0. The van der Waals surface area contributed by atoms with E-state index in [-0.39, 0.29) is 5.41 Å². The van der Waals surface area contributed by atoms with E-state index in [1.165, 1.54) is 60.8 Å². The summed E-state index contributed by atoms with van der Waals surface area (Å²) in [5, 5.41) is 2.36. The average molecular weight is 421 g/mol. The van der Waals surface area contributed by atoms with Gasteiger partial charge in [-0.15, -0.1) is 0 Å². The maximum atomic E-state index is 6.55. The van der Waals surface area contributed by atoms with Crippen molar-refractivity contribution in [2.24, 2.45) is 0 Å². The van der Waals surface area contributed by atoms with Crippen LogP contribution in [0.15, 0.2) is 108 Å². The monoisotopic (exact) mass is 420 g/mol. The van der Waals surface area contributed by atoms with Crippen molar-refractivity contribution in [2.45, 2.75) is 12.3 Å². The molecule has 8 rings (SSSR count). The van der Waals surface area contributed by atoms with E-state index in [1.807, 2.05) is 6.07 Å². The SMILES string of the molecule is Cc1cccc2c1-c1ccccc1C21c2ccccc2-c2c1ccc1c2oc2ccccc21. The number of hydrogen-bond acceptors (Lipinski definition) is 1. The Labute approximate surface area is 191 Å². The van der Waals surface area contributed by atoms with Crippen LogP contribution in [0, 0.1) is 6.92 Å². The molecule has 1 nitrogen and oxygen atoms in total. The lowest BCUT2D eigenvalue weighted by Gasteiger charge is -2.30. The Morgan fingerprint density at radius 1 is 0.515 bits per heavy atom. The fourth-order valence-electron chi connectivity index (χ4n) is 6.63. The smallest absolute Gasteiger partial charge is 0.143 e. The van der Waals surface area contributed by atoms with Gasteiger partial charge in [0.1, 0.15) is 11.2 Å². The second-order valence-corrected chi connectivity index (χ2v) is 9.30. The van der Waals surface area contributed by atoms with E-state index in [9.17, 15) is 0 Å². The van der Waals surface area contributed by atoms with Crippen LogP contribution in [0.25, 0.3) is 44.2 Å². The number of furan rings is 1. The van der Waals surface area contributed by atoms with Gasteiger partial charge in [-0.25, -0.2) is 0 Å². The van der Waals surface area contributed by atoms with E-state index in [0.717, 1.165) is 11.2 Å². The molecule has 1 unspecified atom stereocenters. The summed E-state index contributed by atoms with van der Waals surface area (Å²) in [5.74, 6) is 0. The molecule has 33 heavy (non-hydrogen) atoms. The summed E-state index contributed by atoms with van der Waals surface area (Å²) in [5.41, 5.74) is 13.6. The largest absolute Gasteiger partial charge is 0.455 e. The molecular weight excluding hydrogens is 400 g/mol. The molecule has 154 valence electrons. The van der Waals surface area contributed by atoms with Gasteiger partial charge < -0.3 is 4.42 Å². The van der Waals surface area contributed by atoms with Gasteiger partial charge in [0.2, 0.25) is 0 Å². The summed E-state index contributed by atoms with van der Waals surface area (Å²) in [6.45, 7) is 2.23. The lowest BCUT2D eigenvalue weighted by molar-refractivity contribution is 0.669. The maximum absolute atomic E-state index is 6.55. The number of benzene rings is 5. The number of aryl methyl sites for hydroxylation is 1. The molecule has 1 atom stereocenters. The van der Waals surface area contributed by atoms with E-state index in [4.69, 9.17) is 4.42 Å². The second kappa shape index (κ2) is 5.82. The third kappa shape index (κ3) is 1.88. The molecule has 1 heterocycles. The van der Waals surface area contributed by atoms with Crippen molar-refractivity contribution in [1.82, 2.24) is 0 Å². The van der Waals surface area contributed by atoms with Crippen molar-refractivity contribution in [2.75, 3.05) is 0 Å². The number of para-hydroxylation sites is 1. The minimum Gasteiger partial charge on any atom is -0.455 e. The lowest BCUT2D eigenvalue weighted by atomic mass is 9.70. The molecule has 2 aliphatic carbocycles. The van der Waals surface area contributed by atoms with Crippen molar-refractivity contribution in [3.8, 4) is 22.3 Å². The summed E-state index contributed by atoms with van der Waals surface area (Å²) < 4.78 is 6.55. The molecule has 6 aromatic rings. The average Bonchev–Trinajstić information content (AvgIpc) is 3.48. The van der Waals surface area contributed by atoms with Crippen LogP contribution in [0.1, 0.15) is 27.8 Å². The van der Waals surface area contributed by atoms with Gasteiger partial charge in [-0.1, -0.05) is 97.1 Å². The van der Waals surface area contributed by atoms with Crippen LogP contribution in [-0.2, 0) is 5.41 Å². The molecular formula is C32H20O. The number of rotatable bonds is 0. The molecule has 2 aliphatic rings. The van der Waals surface area contributed by atoms with Crippen LogP contribution < -0.4 is 0 Å². The summed E-state index contributed by atoms with van der Waals surface area (Å²) in [6, 6.07) is 37.6. The Morgan fingerprint density at radius 2 is 1.15 bits per heavy atom. The first-order chi connectivity index (χ1) is 16.3. The first kappa shape index (κ1) is 17.5. The molecule has 0 amide bonds. The molecule has 0 radical (unpaired) electrons. The number of hydrogen-bond donors (Lipinski definition) is 0.